The second-order valence-corrected chi connectivity index (χ2v) is 7.84. The van der Waals surface area contributed by atoms with Crippen LogP contribution in [0.2, 0.25) is 0 Å². The third-order valence-corrected chi connectivity index (χ3v) is 6.10. The molecule has 1 aromatic rings. The first-order valence-corrected chi connectivity index (χ1v) is 9.14. The maximum Gasteiger partial charge on any atom is 0.249 e. The number of hydrogen-bond acceptors (Lipinski definition) is 5. The van der Waals surface area contributed by atoms with Crippen LogP contribution in [0.1, 0.15) is 30.9 Å². The first kappa shape index (κ1) is 18.2. The molecule has 128 valence electrons. The molecule has 0 aromatic heterocycles. The van der Waals surface area contributed by atoms with E-state index in [1.54, 1.807) is 24.3 Å². The summed E-state index contributed by atoms with van der Waals surface area (Å²) in [6.45, 7) is 0.411. The molecule has 2 aliphatic rings. The van der Waals surface area contributed by atoms with Gasteiger partial charge in [-0.05, 0) is 30.9 Å². The molecule has 6 nitrogen and oxygen atoms in total. The number of ether oxygens (including phenoxy) is 1. The molecule has 0 saturated carbocycles. The summed E-state index contributed by atoms with van der Waals surface area (Å²) in [5, 5.41) is 2.93. The predicted octanol–water partition coefficient (Wildman–Crippen LogP) is 0.949. The lowest BCUT2D eigenvalue weighted by Crippen LogP contribution is -2.40. The summed E-state index contributed by atoms with van der Waals surface area (Å²) in [6.07, 6.45) is 1.27. The van der Waals surface area contributed by atoms with Gasteiger partial charge in [0.05, 0.1) is 22.8 Å². The molecule has 0 spiro atoms. The van der Waals surface area contributed by atoms with Crippen molar-refractivity contribution in [2.45, 2.75) is 42.4 Å². The number of nitrogens with one attached hydrogen (secondary N) is 1. The van der Waals surface area contributed by atoms with Gasteiger partial charge in [0, 0.05) is 6.54 Å². The summed E-state index contributed by atoms with van der Waals surface area (Å²) >= 11 is 0. The monoisotopic (exact) mass is 360 g/mol. The molecular formula is C15H21ClN2O4S. The summed E-state index contributed by atoms with van der Waals surface area (Å²) < 4.78 is 29.8. The van der Waals surface area contributed by atoms with Crippen LogP contribution in [-0.2, 0) is 19.4 Å². The maximum absolute atomic E-state index is 12.3. The van der Waals surface area contributed by atoms with Gasteiger partial charge in [-0.1, -0.05) is 18.2 Å². The average Bonchev–Trinajstić information content (AvgIpc) is 2.99. The van der Waals surface area contributed by atoms with Crippen LogP contribution in [0.4, 0.5) is 0 Å². The third kappa shape index (κ3) is 3.68. The summed E-state index contributed by atoms with van der Waals surface area (Å²) in [5.41, 5.74) is 6.21. The predicted molar refractivity (Wildman–Crippen MR) is 88.2 cm³/mol. The fourth-order valence-corrected chi connectivity index (χ4v) is 4.70. The van der Waals surface area contributed by atoms with Gasteiger partial charge in [-0.3, -0.25) is 4.79 Å². The number of carbonyl (C=O) groups excluding carboxylic acids is 1. The van der Waals surface area contributed by atoms with Crippen molar-refractivity contribution < 1.29 is 17.9 Å². The summed E-state index contributed by atoms with van der Waals surface area (Å²) in [4.78, 5) is 12.6. The molecule has 0 radical (unpaired) electrons. The highest BCUT2D eigenvalue weighted by Crippen LogP contribution is 2.32. The number of hydrogen-bond donors (Lipinski definition) is 2. The quantitative estimate of drug-likeness (QED) is 0.836. The van der Waals surface area contributed by atoms with Gasteiger partial charge in [0.25, 0.3) is 0 Å². The van der Waals surface area contributed by atoms with Gasteiger partial charge in [-0.2, -0.15) is 0 Å². The highest BCUT2D eigenvalue weighted by Gasteiger charge is 2.34. The Hall–Kier alpha value is -1.15. The maximum atomic E-state index is 12.3. The van der Waals surface area contributed by atoms with Crippen LogP contribution in [-0.4, -0.2) is 38.8 Å². The number of carbonyl (C=O) groups is 1. The van der Waals surface area contributed by atoms with Crippen molar-refractivity contribution in [2.24, 2.45) is 5.73 Å². The van der Waals surface area contributed by atoms with Crippen molar-refractivity contribution in [3.8, 4) is 0 Å². The van der Waals surface area contributed by atoms with Crippen LogP contribution < -0.4 is 11.1 Å². The molecule has 0 aliphatic carbocycles. The second kappa shape index (κ2) is 7.17. The number of nitrogens with two attached hydrogens (primary N) is 1. The van der Waals surface area contributed by atoms with Gasteiger partial charge < -0.3 is 15.8 Å². The fraction of sp³-hybridized carbons (Fsp3) is 0.533. The molecule has 1 saturated heterocycles. The molecule has 1 unspecified atom stereocenters. The van der Waals surface area contributed by atoms with Crippen LogP contribution in [0.5, 0.6) is 0 Å². The Morgan fingerprint density at radius 3 is 2.70 bits per heavy atom. The number of sulfone groups is 1. The molecule has 3 N–H and O–H groups in total. The van der Waals surface area contributed by atoms with E-state index < -0.39 is 15.9 Å². The van der Waals surface area contributed by atoms with E-state index in [1.165, 1.54) is 0 Å². The van der Waals surface area contributed by atoms with Crippen LogP contribution in [0, 0.1) is 0 Å². The van der Waals surface area contributed by atoms with E-state index in [-0.39, 0.29) is 36.2 Å². The molecule has 1 aromatic carbocycles. The SMILES string of the molecule is Cl.NC[C@H]1CC[C@@H](C(=O)NC2CCS(=O)(=O)c3ccccc32)O1. The Labute approximate surface area is 142 Å². The molecule has 8 heteroatoms. The second-order valence-electron chi connectivity index (χ2n) is 5.77. The van der Waals surface area contributed by atoms with Crippen LogP contribution in [0.25, 0.3) is 0 Å². The van der Waals surface area contributed by atoms with E-state index in [9.17, 15) is 13.2 Å². The van der Waals surface area contributed by atoms with Crippen molar-refractivity contribution in [3.63, 3.8) is 0 Å². The van der Waals surface area contributed by atoms with Gasteiger partial charge in [0.15, 0.2) is 9.84 Å². The minimum absolute atomic E-state index is 0. The number of benzene rings is 1. The van der Waals surface area contributed by atoms with Gasteiger partial charge in [0.2, 0.25) is 5.91 Å². The molecule has 1 fully saturated rings. The number of amides is 1. The normalized spacial score (nSPS) is 28.5. The number of fused-ring (bicyclic) bond motifs is 1. The van der Waals surface area contributed by atoms with Crippen molar-refractivity contribution in [2.75, 3.05) is 12.3 Å². The summed E-state index contributed by atoms with van der Waals surface area (Å²) in [6, 6.07) is 6.56. The van der Waals surface area contributed by atoms with Crippen molar-refractivity contribution >= 4 is 28.2 Å². The zero-order valence-corrected chi connectivity index (χ0v) is 14.2. The molecule has 0 bridgehead atoms. The van der Waals surface area contributed by atoms with E-state index in [1.807, 2.05) is 0 Å². The molecule has 2 heterocycles. The van der Waals surface area contributed by atoms with Crippen molar-refractivity contribution in [1.82, 2.24) is 5.32 Å². The topological polar surface area (TPSA) is 98.5 Å². The van der Waals surface area contributed by atoms with Crippen molar-refractivity contribution in [1.29, 1.82) is 0 Å². The first-order valence-electron chi connectivity index (χ1n) is 7.49. The van der Waals surface area contributed by atoms with E-state index >= 15 is 0 Å². The number of rotatable bonds is 3. The average molecular weight is 361 g/mol. The van der Waals surface area contributed by atoms with E-state index in [0.29, 0.717) is 29.8 Å². The van der Waals surface area contributed by atoms with Gasteiger partial charge in [-0.25, -0.2) is 8.42 Å². The summed E-state index contributed by atoms with van der Waals surface area (Å²) in [5.74, 6) is -0.138. The minimum Gasteiger partial charge on any atom is -0.364 e. The Morgan fingerprint density at radius 1 is 1.26 bits per heavy atom. The summed E-state index contributed by atoms with van der Waals surface area (Å²) in [7, 11) is -3.24. The third-order valence-electron chi connectivity index (χ3n) is 4.28. The zero-order chi connectivity index (χ0) is 15.7. The molecular weight excluding hydrogens is 340 g/mol. The molecule has 1 amide bonds. The van der Waals surface area contributed by atoms with Gasteiger partial charge in [0.1, 0.15) is 6.10 Å². The Bertz CT molecular complexity index is 680. The van der Waals surface area contributed by atoms with Crippen LogP contribution in [0.15, 0.2) is 29.2 Å². The largest absolute Gasteiger partial charge is 0.364 e. The molecule has 3 rings (SSSR count). The Morgan fingerprint density at radius 2 is 2.00 bits per heavy atom. The van der Waals surface area contributed by atoms with E-state index in [4.69, 9.17) is 10.5 Å². The standard InChI is InChI=1S/C15H20N2O4S.ClH/c16-9-10-5-6-13(21-10)15(18)17-12-7-8-22(19,20)14-4-2-1-3-11(12)14;/h1-4,10,12-13H,5-9,16H2,(H,17,18);1H/t10-,12?,13+;/m1./s1. The lowest BCUT2D eigenvalue weighted by atomic mass is 10.0. The Balaban J connectivity index is 0.00000192. The highest BCUT2D eigenvalue weighted by molar-refractivity contribution is 7.91. The van der Waals surface area contributed by atoms with Crippen LogP contribution >= 0.6 is 12.4 Å². The van der Waals surface area contributed by atoms with Crippen molar-refractivity contribution in [3.05, 3.63) is 29.8 Å². The van der Waals surface area contributed by atoms with E-state index in [0.717, 1.165) is 6.42 Å². The molecule has 3 atom stereocenters. The Kier molecular flexibility index (Phi) is 5.67. The molecule has 23 heavy (non-hydrogen) atoms. The minimum atomic E-state index is -3.24. The smallest absolute Gasteiger partial charge is 0.249 e. The highest BCUT2D eigenvalue weighted by atomic mass is 35.5. The first-order chi connectivity index (χ1) is 10.5. The van der Waals surface area contributed by atoms with Gasteiger partial charge in [-0.15, -0.1) is 12.4 Å². The lowest BCUT2D eigenvalue weighted by molar-refractivity contribution is -0.132. The molecule has 2 aliphatic heterocycles. The zero-order valence-electron chi connectivity index (χ0n) is 12.6. The van der Waals surface area contributed by atoms with Crippen LogP contribution in [0.3, 0.4) is 0 Å². The van der Waals surface area contributed by atoms with Gasteiger partial charge >= 0.3 is 0 Å². The fourth-order valence-electron chi connectivity index (χ4n) is 3.08. The van der Waals surface area contributed by atoms with E-state index in [2.05, 4.69) is 5.32 Å². The number of halogens is 1. The lowest BCUT2D eigenvalue weighted by Gasteiger charge is -2.27.